The zero-order valence-electron chi connectivity index (χ0n) is 36.9. The normalized spacial score (nSPS) is 11.7. The first kappa shape index (κ1) is 52.4. The number of unbranched alkanes of at least 4 members (excludes halogenated alkanes) is 18. The van der Waals surface area contributed by atoms with Gasteiger partial charge in [-0.3, -0.25) is 14.4 Å². The standard InChI is InChI=1S/C51H82O7/c1-3-5-7-9-11-13-15-17-19-21-23-25-27-29-31-37-50(53)57-43-35-33-41-55-48-39-40-49(47(45-48)46-52)56-42-34-36-44-58-51(54)38-32-30-28-26-24-22-20-18-16-14-12-10-8-6-4-2/h11-14,17-20,39-40,45-46H,3-10,15-16,21-38,41-44H2,1-2H3/b13-11?,14-12-,19-17-,20-18-. The molecule has 7 nitrogen and oxygen atoms in total. The second-order valence-corrected chi connectivity index (χ2v) is 15.3. The van der Waals surface area contributed by atoms with Crippen LogP contribution in [0.5, 0.6) is 11.5 Å². The number of ether oxygens (including phenoxy) is 4. The summed E-state index contributed by atoms with van der Waals surface area (Å²) in [4.78, 5) is 35.8. The van der Waals surface area contributed by atoms with E-state index in [1.807, 2.05) is 0 Å². The Bertz CT molecular complexity index is 1250. The highest BCUT2D eigenvalue weighted by atomic mass is 16.5. The molecule has 0 bridgehead atoms. The van der Waals surface area contributed by atoms with E-state index in [9.17, 15) is 14.4 Å². The Morgan fingerprint density at radius 2 is 0.879 bits per heavy atom. The van der Waals surface area contributed by atoms with Crippen LogP contribution >= 0.6 is 0 Å². The van der Waals surface area contributed by atoms with Crippen LogP contribution in [0.15, 0.2) is 66.8 Å². The lowest BCUT2D eigenvalue weighted by Crippen LogP contribution is -2.08. The average Bonchev–Trinajstić information content (AvgIpc) is 3.23. The SMILES string of the molecule is CCCCCC=CC/C=C\CCCCCCCC(=O)OCCCCOc1ccc(OCCCCOC(=O)CCCCCCC/C=C\C/C=C\CCCCC)c(C=O)c1. The van der Waals surface area contributed by atoms with Crippen LogP contribution in [-0.4, -0.2) is 44.7 Å². The van der Waals surface area contributed by atoms with Crippen molar-refractivity contribution in [3.8, 4) is 11.5 Å². The van der Waals surface area contributed by atoms with Gasteiger partial charge in [-0.05, 0) is 121 Å². The fourth-order valence-electron chi connectivity index (χ4n) is 6.30. The molecule has 1 aromatic rings. The lowest BCUT2D eigenvalue weighted by Gasteiger charge is -2.11. The average molecular weight is 807 g/mol. The monoisotopic (exact) mass is 807 g/mol. The van der Waals surface area contributed by atoms with Gasteiger partial charge in [-0.1, -0.05) is 127 Å². The summed E-state index contributed by atoms with van der Waals surface area (Å²) in [6, 6.07) is 5.23. The molecule has 0 spiro atoms. The summed E-state index contributed by atoms with van der Waals surface area (Å²) in [5.74, 6) is 0.858. The van der Waals surface area contributed by atoms with Crippen molar-refractivity contribution in [2.45, 2.75) is 194 Å². The van der Waals surface area contributed by atoms with Gasteiger partial charge >= 0.3 is 11.9 Å². The number of esters is 2. The van der Waals surface area contributed by atoms with Crippen molar-refractivity contribution in [3.63, 3.8) is 0 Å². The van der Waals surface area contributed by atoms with Crippen molar-refractivity contribution in [3.05, 3.63) is 72.4 Å². The number of allylic oxidation sites excluding steroid dienone is 8. The first-order valence-corrected chi connectivity index (χ1v) is 23.4. The molecule has 0 aliphatic heterocycles. The maximum absolute atomic E-state index is 12.1. The molecule has 328 valence electrons. The molecule has 1 aromatic carbocycles. The molecule has 7 heteroatoms. The second-order valence-electron chi connectivity index (χ2n) is 15.3. The minimum Gasteiger partial charge on any atom is -0.494 e. The third-order valence-electron chi connectivity index (χ3n) is 9.90. The summed E-state index contributed by atoms with van der Waals surface area (Å²) in [5.41, 5.74) is 0.434. The highest BCUT2D eigenvalue weighted by Crippen LogP contribution is 2.23. The van der Waals surface area contributed by atoms with Gasteiger partial charge in [-0.25, -0.2) is 0 Å². The highest BCUT2D eigenvalue weighted by Gasteiger charge is 2.08. The van der Waals surface area contributed by atoms with Crippen LogP contribution in [-0.2, 0) is 19.1 Å². The van der Waals surface area contributed by atoms with Crippen molar-refractivity contribution in [2.75, 3.05) is 26.4 Å². The van der Waals surface area contributed by atoms with Crippen LogP contribution in [0, 0.1) is 0 Å². The van der Waals surface area contributed by atoms with E-state index in [1.54, 1.807) is 18.2 Å². The van der Waals surface area contributed by atoms with Crippen LogP contribution in [0.2, 0.25) is 0 Å². The number of hydrogen-bond acceptors (Lipinski definition) is 7. The Morgan fingerprint density at radius 1 is 0.466 bits per heavy atom. The third kappa shape index (κ3) is 34.4. The molecular formula is C51H82O7. The van der Waals surface area contributed by atoms with E-state index in [-0.39, 0.29) is 11.9 Å². The molecule has 0 heterocycles. The second kappa shape index (κ2) is 41.5. The van der Waals surface area contributed by atoms with Crippen LogP contribution in [0.1, 0.15) is 204 Å². The van der Waals surface area contributed by atoms with Gasteiger partial charge in [0.25, 0.3) is 0 Å². The molecular weight excluding hydrogens is 725 g/mol. The van der Waals surface area contributed by atoms with E-state index in [1.165, 1.54) is 77.0 Å². The summed E-state index contributed by atoms with van der Waals surface area (Å²) >= 11 is 0. The van der Waals surface area contributed by atoms with Crippen LogP contribution in [0.4, 0.5) is 0 Å². The van der Waals surface area contributed by atoms with E-state index in [0.717, 1.165) is 83.3 Å². The van der Waals surface area contributed by atoms with Crippen molar-refractivity contribution < 1.29 is 33.3 Å². The lowest BCUT2D eigenvalue weighted by molar-refractivity contribution is -0.144. The van der Waals surface area contributed by atoms with E-state index >= 15 is 0 Å². The van der Waals surface area contributed by atoms with Gasteiger partial charge in [0.05, 0.1) is 32.0 Å². The maximum atomic E-state index is 12.1. The van der Waals surface area contributed by atoms with Gasteiger partial charge in [0, 0.05) is 12.8 Å². The largest absolute Gasteiger partial charge is 0.494 e. The summed E-state index contributed by atoms with van der Waals surface area (Å²) < 4.78 is 22.4. The Kier molecular flexibility index (Phi) is 37.5. The highest BCUT2D eigenvalue weighted by molar-refractivity contribution is 5.80. The zero-order chi connectivity index (χ0) is 41.8. The maximum Gasteiger partial charge on any atom is 0.305 e. The van der Waals surface area contributed by atoms with Crippen molar-refractivity contribution >= 4 is 18.2 Å². The van der Waals surface area contributed by atoms with Gasteiger partial charge < -0.3 is 18.9 Å². The third-order valence-corrected chi connectivity index (χ3v) is 9.90. The quantitative estimate of drug-likeness (QED) is 0.0282. The number of carbonyl (C=O) groups excluding carboxylic acids is 3. The zero-order valence-corrected chi connectivity index (χ0v) is 36.9. The molecule has 0 atom stereocenters. The molecule has 0 radical (unpaired) electrons. The minimum atomic E-state index is -0.130. The number of aldehydes is 1. The van der Waals surface area contributed by atoms with Crippen molar-refractivity contribution in [1.29, 1.82) is 0 Å². The number of hydrogen-bond donors (Lipinski definition) is 0. The molecule has 1 rings (SSSR count). The summed E-state index contributed by atoms with van der Waals surface area (Å²) in [5, 5.41) is 0. The molecule has 58 heavy (non-hydrogen) atoms. The molecule has 0 fully saturated rings. The smallest absolute Gasteiger partial charge is 0.305 e. The lowest BCUT2D eigenvalue weighted by atomic mass is 10.1. The Morgan fingerprint density at radius 3 is 1.34 bits per heavy atom. The fraction of sp³-hybridized carbons (Fsp3) is 0.667. The van der Waals surface area contributed by atoms with Gasteiger partial charge in [0.15, 0.2) is 6.29 Å². The van der Waals surface area contributed by atoms with E-state index in [2.05, 4.69) is 62.5 Å². The van der Waals surface area contributed by atoms with Gasteiger partial charge in [0.1, 0.15) is 11.5 Å². The van der Waals surface area contributed by atoms with Gasteiger partial charge in [0.2, 0.25) is 0 Å². The van der Waals surface area contributed by atoms with Crippen molar-refractivity contribution in [2.24, 2.45) is 0 Å². The molecule has 0 saturated heterocycles. The molecule has 0 aromatic heterocycles. The molecule has 0 saturated carbocycles. The van der Waals surface area contributed by atoms with E-state index in [4.69, 9.17) is 18.9 Å². The van der Waals surface area contributed by atoms with E-state index < -0.39 is 0 Å². The van der Waals surface area contributed by atoms with Crippen LogP contribution in [0.25, 0.3) is 0 Å². The molecule has 0 unspecified atom stereocenters. The van der Waals surface area contributed by atoms with Crippen molar-refractivity contribution in [1.82, 2.24) is 0 Å². The van der Waals surface area contributed by atoms with Gasteiger partial charge in [-0.2, -0.15) is 0 Å². The molecule has 0 amide bonds. The predicted molar refractivity (Wildman–Crippen MR) is 242 cm³/mol. The molecule has 0 aliphatic rings. The summed E-state index contributed by atoms with van der Waals surface area (Å²) in [6.45, 7) is 6.14. The number of benzene rings is 1. The fourth-order valence-corrected chi connectivity index (χ4v) is 6.30. The number of carbonyl (C=O) groups is 3. The Hall–Kier alpha value is -3.61. The molecule has 0 aliphatic carbocycles. The van der Waals surface area contributed by atoms with Crippen LogP contribution in [0.3, 0.4) is 0 Å². The molecule has 0 N–H and O–H groups in total. The number of rotatable bonds is 41. The topological polar surface area (TPSA) is 88.1 Å². The minimum absolute atomic E-state index is 0.123. The first-order valence-electron chi connectivity index (χ1n) is 23.4. The Labute approximate surface area is 354 Å². The van der Waals surface area contributed by atoms with Crippen LogP contribution < -0.4 is 9.47 Å². The predicted octanol–water partition coefficient (Wildman–Crippen LogP) is 14.5. The van der Waals surface area contributed by atoms with E-state index in [0.29, 0.717) is 69.2 Å². The summed E-state index contributed by atoms with van der Waals surface area (Å²) in [6.07, 6.45) is 48.4. The first-order chi connectivity index (χ1) is 28.6. The Balaban J connectivity index is 1.98. The van der Waals surface area contributed by atoms with Gasteiger partial charge in [-0.15, -0.1) is 0 Å². The summed E-state index contributed by atoms with van der Waals surface area (Å²) in [7, 11) is 0.